The molecule has 3 nitrogen and oxygen atoms in total. The third-order valence-electron chi connectivity index (χ3n) is 3.19. The monoisotopic (exact) mass is 290 g/mol. The average molecular weight is 291 g/mol. The summed E-state index contributed by atoms with van der Waals surface area (Å²) in [6.45, 7) is 3.93. The molecule has 2 aromatic rings. The van der Waals surface area contributed by atoms with Gasteiger partial charge in [0.05, 0.1) is 12.7 Å². The molecule has 0 aliphatic carbocycles. The SMILES string of the molecule is COc1c(C)cc(-c2ccc(C(=O)O)cc2Cl)cc1C. The largest absolute Gasteiger partial charge is 0.496 e. The summed E-state index contributed by atoms with van der Waals surface area (Å²) in [5.74, 6) is -0.132. The minimum absolute atomic E-state index is 0.181. The van der Waals surface area contributed by atoms with Gasteiger partial charge in [-0.2, -0.15) is 0 Å². The maximum atomic E-state index is 10.9. The van der Waals surface area contributed by atoms with Crippen molar-refractivity contribution < 1.29 is 14.6 Å². The van der Waals surface area contributed by atoms with Gasteiger partial charge >= 0.3 is 5.97 Å². The second-order valence-corrected chi connectivity index (χ2v) is 5.05. The van der Waals surface area contributed by atoms with Crippen LogP contribution in [0.2, 0.25) is 5.02 Å². The number of halogens is 1. The van der Waals surface area contributed by atoms with E-state index in [4.69, 9.17) is 21.4 Å². The topological polar surface area (TPSA) is 46.5 Å². The molecule has 1 N–H and O–H groups in total. The van der Waals surface area contributed by atoms with Gasteiger partial charge in [0.2, 0.25) is 0 Å². The Balaban J connectivity index is 2.55. The molecule has 0 fully saturated rings. The first-order valence-electron chi connectivity index (χ1n) is 6.12. The van der Waals surface area contributed by atoms with Crippen molar-refractivity contribution in [3.8, 4) is 16.9 Å². The molecule has 0 spiro atoms. The molecule has 4 heteroatoms. The van der Waals surface area contributed by atoms with E-state index in [-0.39, 0.29) is 5.56 Å². The molecule has 0 radical (unpaired) electrons. The molecular formula is C16H15ClO3. The summed E-state index contributed by atoms with van der Waals surface area (Å²) in [6, 6.07) is 8.71. The number of hydrogen-bond acceptors (Lipinski definition) is 2. The van der Waals surface area contributed by atoms with Crippen molar-refractivity contribution in [2.75, 3.05) is 7.11 Å². The highest BCUT2D eigenvalue weighted by Crippen LogP contribution is 2.34. The van der Waals surface area contributed by atoms with Gasteiger partial charge in [-0.25, -0.2) is 4.79 Å². The summed E-state index contributed by atoms with van der Waals surface area (Å²) < 4.78 is 5.34. The predicted octanol–water partition coefficient (Wildman–Crippen LogP) is 4.33. The van der Waals surface area contributed by atoms with Crippen LogP contribution in [0.15, 0.2) is 30.3 Å². The zero-order valence-corrected chi connectivity index (χ0v) is 12.3. The number of carboxylic acid groups (broad SMARTS) is 1. The molecule has 2 rings (SSSR count). The normalized spacial score (nSPS) is 10.4. The fourth-order valence-corrected chi connectivity index (χ4v) is 2.60. The minimum atomic E-state index is -0.986. The van der Waals surface area contributed by atoms with E-state index in [2.05, 4.69) is 0 Å². The molecule has 0 atom stereocenters. The smallest absolute Gasteiger partial charge is 0.335 e. The van der Waals surface area contributed by atoms with E-state index < -0.39 is 5.97 Å². The maximum Gasteiger partial charge on any atom is 0.335 e. The van der Waals surface area contributed by atoms with Crippen LogP contribution >= 0.6 is 11.6 Å². The number of aromatic carboxylic acids is 1. The zero-order valence-electron chi connectivity index (χ0n) is 11.5. The van der Waals surface area contributed by atoms with Gasteiger partial charge in [0.25, 0.3) is 0 Å². The van der Waals surface area contributed by atoms with Crippen LogP contribution in [0.5, 0.6) is 5.75 Å². The van der Waals surface area contributed by atoms with Gasteiger partial charge in [0.1, 0.15) is 5.75 Å². The molecule has 0 heterocycles. The van der Waals surface area contributed by atoms with Crippen LogP contribution in [-0.4, -0.2) is 18.2 Å². The molecular weight excluding hydrogens is 276 g/mol. The quantitative estimate of drug-likeness (QED) is 0.915. The summed E-state index contributed by atoms with van der Waals surface area (Å²) in [6.07, 6.45) is 0. The molecule has 0 aliphatic heterocycles. The molecule has 104 valence electrons. The van der Waals surface area contributed by atoms with Gasteiger partial charge in [0.15, 0.2) is 0 Å². The van der Waals surface area contributed by atoms with Crippen molar-refractivity contribution in [2.24, 2.45) is 0 Å². The molecule has 0 aliphatic rings. The first-order chi connectivity index (χ1) is 9.43. The molecule has 0 saturated carbocycles. The summed E-state index contributed by atoms with van der Waals surface area (Å²) in [7, 11) is 1.64. The molecule has 0 amide bonds. The summed E-state index contributed by atoms with van der Waals surface area (Å²) in [5.41, 5.74) is 3.97. The second-order valence-electron chi connectivity index (χ2n) is 4.64. The van der Waals surface area contributed by atoms with Crippen LogP contribution in [0.4, 0.5) is 0 Å². The molecule has 2 aromatic carbocycles. The lowest BCUT2D eigenvalue weighted by Crippen LogP contribution is -1.96. The Hall–Kier alpha value is -2.00. The van der Waals surface area contributed by atoms with E-state index in [0.29, 0.717) is 5.02 Å². The van der Waals surface area contributed by atoms with E-state index in [1.54, 1.807) is 19.2 Å². The number of hydrogen-bond donors (Lipinski definition) is 1. The van der Waals surface area contributed by atoms with E-state index in [9.17, 15) is 4.79 Å². The van der Waals surface area contributed by atoms with Crippen molar-refractivity contribution in [2.45, 2.75) is 13.8 Å². The fraction of sp³-hybridized carbons (Fsp3) is 0.188. The molecule has 0 unspecified atom stereocenters. The van der Waals surface area contributed by atoms with Gasteiger partial charge in [-0.05, 0) is 54.8 Å². The van der Waals surface area contributed by atoms with Crippen molar-refractivity contribution >= 4 is 17.6 Å². The van der Waals surface area contributed by atoms with Crippen molar-refractivity contribution in [3.05, 3.63) is 52.0 Å². The lowest BCUT2D eigenvalue weighted by atomic mass is 9.98. The Bertz CT molecular complexity index is 654. The van der Waals surface area contributed by atoms with E-state index in [1.807, 2.05) is 26.0 Å². The third-order valence-corrected chi connectivity index (χ3v) is 3.50. The second kappa shape index (κ2) is 5.55. The average Bonchev–Trinajstić information content (AvgIpc) is 2.38. The lowest BCUT2D eigenvalue weighted by molar-refractivity contribution is 0.0697. The van der Waals surface area contributed by atoms with Crippen LogP contribution in [0.3, 0.4) is 0 Å². The van der Waals surface area contributed by atoms with Crippen molar-refractivity contribution in [1.29, 1.82) is 0 Å². The van der Waals surface area contributed by atoms with Crippen LogP contribution in [0, 0.1) is 13.8 Å². The number of carboxylic acids is 1. The number of aryl methyl sites for hydroxylation is 2. The number of methoxy groups -OCH3 is 1. The van der Waals surface area contributed by atoms with E-state index in [1.165, 1.54) is 6.07 Å². The van der Waals surface area contributed by atoms with Crippen LogP contribution < -0.4 is 4.74 Å². The number of benzene rings is 2. The Morgan fingerprint density at radius 3 is 2.20 bits per heavy atom. The Morgan fingerprint density at radius 2 is 1.75 bits per heavy atom. The van der Waals surface area contributed by atoms with Crippen LogP contribution in [0.25, 0.3) is 11.1 Å². The van der Waals surface area contributed by atoms with Crippen molar-refractivity contribution in [1.82, 2.24) is 0 Å². The van der Waals surface area contributed by atoms with Gasteiger partial charge in [-0.15, -0.1) is 0 Å². The van der Waals surface area contributed by atoms with Gasteiger partial charge < -0.3 is 9.84 Å². The molecule has 0 aromatic heterocycles. The van der Waals surface area contributed by atoms with E-state index >= 15 is 0 Å². The number of ether oxygens (including phenoxy) is 1. The van der Waals surface area contributed by atoms with Crippen LogP contribution in [-0.2, 0) is 0 Å². The van der Waals surface area contributed by atoms with Crippen LogP contribution in [0.1, 0.15) is 21.5 Å². The third kappa shape index (κ3) is 2.63. The number of rotatable bonds is 3. The van der Waals surface area contributed by atoms with Crippen molar-refractivity contribution in [3.63, 3.8) is 0 Å². The van der Waals surface area contributed by atoms with Gasteiger partial charge in [0, 0.05) is 10.6 Å². The summed E-state index contributed by atoms with van der Waals surface area (Å²) >= 11 is 6.19. The Kier molecular flexibility index (Phi) is 4.00. The summed E-state index contributed by atoms with van der Waals surface area (Å²) in [4.78, 5) is 10.9. The summed E-state index contributed by atoms with van der Waals surface area (Å²) in [5, 5.41) is 9.38. The Labute approximate surface area is 122 Å². The number of carbonyl (C=O) groups is 1. The molecule has 0 saturated heterocycles. The van der Waals surface area contributed by atoms with E-state index in [0.717, 1.165) is 28.0 Å². The highest BCUT2D eigenvalue weighted by Gasteiger charge is 2.11. The minimum Gasteiger partial charge on any atom is -0.496 e. The van der Waals surface area contributed by atoms with Gasteiger partial charge in [-0.3, -0.25) is 0 Å². The highest BCUT2D eigenvalue weighted by atomic mass is 35.5. The first-order valence-corrected chi connectivity index (χ1v) is 6.50. The molecule has 20 heavy (non-hydrogen) atoms. The lowest BCUT2D eigenvalue weighted by Gasteiger charge is -2.12. The Morgan fingerprint density at radius 1 is 1.15 bits per heavy atom. The maximum absolute atomic E-state index is 10.9. The fourth-order valence-electron chi connectivity index (χ4n) is 2.31. The standard InChI is InChI=1S/C16H15ClO3/c1-9-6-12(7-10(2)15(9)20-3)13-5-4-11(16(18)19)8-14(13)17/h4-8H,1-3H3,(H,18,19). The zero-order chi connectivity index (χ0) is 14.9. The highest BCUT2D eigenvalue weighted by molar-refractivity contribution is 6.33. The van der Waals surface area contributed by atoms with Gasteiger partial charge in [-0.1, -0.05) is 17.7 Å². The first kappa shape index (κ1) is 14.4. The predicted molar refractivity (Wildman–Crippen MR) is 79.9 cm³/mol. The molecule has 0 bridgehead atoms.